The topological polar surface area (TPSA) is 49.9 Å². The highest BCUT2D eigenvalue weighted by molar-refractivity contribution is 5.89. The van der Waals surface area contributed by atoms with Gasteiger partial charge in [0.1, 0.15) is 0 Å². The molecule has 2 saturated heterocycles. The van der Waals surface area contributed by atoms with E-state index in [2.05, 4.69) is 31.2 Å². The van der Waals surface area contributed by atoms with Gasteiger partial charge in [0.2, 0.25) is 11.8 Å². The average Bonchev–Trinajstić information content (AvgIpc) is 3.03. The number of nitrogens with zero attached hydrogens (tertiary/aromatic N) is 2. The van der Waals surface area contributed by atoms with Crippen LogP contribution in [-0.2, 0) is 27.3 Å². The maximum atomic E-state index is 12.8. The van der Waals surface area contributed by atoms with Crippen LogP contribution in [0.2, 0.25) is 0 Å². The van der Waals surface area contributed by atoms with E-state index in [1.165, 1.54) is 5.56 Å². The summed E-state index contributed by atoms with van der Waals surface area (Å²) in [4.78, 5) is 28.8. The van der Waals surface area contributed by atoms with E-state index < -0.39 is 0 Å². The summed E-state index contributed by atoms with van der Waals surface area (Å²) < 4.78 is 5.39. The van der Waals surface area contributed by atoms with E-state index in [1.807, 2.05) is 16.8 Å². The number of benzene rings is 1. The Kier molecular flexibility index (Phi) is 6.30. The largest absolute Gasteiger partial charge is 0.381 e. The second-order valence-corrected chi connectivity index (χ2v) is 7.62. The van der Waals surface area contributed by atoms with Gasteiger partial charge in [-0.05, 0) is 36.3 Å². The summed E-state index contributed by atoms with van der Waals surface area (Å²) in [7, 11) is 1.87. The zero-order chi connectivity index (χ0) is 18.5. The van der Waals surface area contributed by atoms with Crippen LogP contribution < -0.4 is 0 Å². The number of rotatable bonds is 6. The van der Waals surface area contributed by atoms with E-state index in [9.17, 15) is 9.59 Å². The van der Waals surface area contributed by atoms with Gasteiger partial charge >= 0.3 is 0 Å². The second kappa shape index (κ2) is 8.67. The Bertz CT molecular complexity index is 623. The number of likely N-dealkylation sites (tertiary alicyclic amines) is 1. The fourth-order valence-corrected chi connectivity index (χ4v) is 3.91. The van der Waals surface area contributed by atoms with Crippen molar-refractivity contribution in [3.63, 3.8) is 0 Å². The number of carbonyl (C=O) groups is 2. The van der Waals surface area contributed by atoms with Crippen molar-refractivity contribution in [3.8, 4) is 0 Å². The summed E-state index contributed by atoms with van der Waals surface area (Å²) in [5.74, 6) is 0.501. The lowest BCUT2D eigenvalue weighted by Gasteiger charge is -2.28. The van der Waals surface area contributed by atoms with Crippen LogP contribution in [-0.4, -0.2) is 55.0 Å². The van der Waals surface area contributed by atoms with Crippen LogP contribution in [0, 0.1) is 11.8 Å². The molecule has 26 heavy (non-hydrogen) atoms. The third-order valence-electron chi connectivity index (χ3n) is 5.62. The van der Waals surface area contributed by atoms with Crippen LogP contribution in [0.1, 0.15) is 37.3 Å². The number of ether oxygens (including phenoxy) is 1. The van der Waals surface area contributed by atoms with Gasteiger partial charge in [-0.2, -0.15) is 0 Å². The van der Waals surface area contributed by atoms with Crippen LogP contribution in [0.5, 0.6) is 0 Å². The third-order valence-corrected chi connectivity index (χ3v) is 5.62. The lowest BCUT2D eigenvalue weighted by Crippen LogP contribution is -2.38. The zero-order valence-electron chi connectivity index (χ0n) is 15.9. The van der Waals surface area contributed by atoms with Gasteiger partial charge in [0.15, 0.2) is 0 Å². The molecule has 0 N–H and O–H groups in total. The van der Waals surface area contributed by atoms with E-state index >= 15 is 0 Å². The Morgan fingerprint density at radius 2 is 1.85 bits per heavy atom. The molecule has 0 bridgehead atoms. The van der Waals surface area contributed by atoms with Crippen LogP contribution >= 0.6 is 0 Å². The van der Waals surface area contributed by atoms with Crippen molar-refractivity contribution >= 4 is 11.8 Å². The van der Waals surface area contributed by atoms with Crippen molar-refractivity contribution in [1.82, 2.24) is 9.80 Å². The Hall–Kier alpha value is -1.88. The molecule has 142 valence electrons. The van der Waals surface area contributed by atoms with Gasteiger partial charge < -0.3 is 14.5 Å². The molecule has 1 aromatic rings. The molecule has 0 aromatic heterocycles. The monoisotopic (exact) mass is 358 g/mol. The normalized spacial score (nSPS) is 21.2. The summed E-state index contributed by atoms with van der Waals surface area (Å²) in [5, 5.41) is 0. The van der Waals surface area contributed by atoms with E-state index in [0.29, 0.717) is 25.4 Å². The van der Waals surface area contributed by atoms with Crippen LogP contribution in [0.15, 0.2) is 24.3 Å². The molecular formula is C21H30N2O3. The number of hydrogen-bond donors (Lipinski definition) is 0. The smallest absolute Gasteiger partial charge is 0.227 e. The van der Waals surface area contributed by atoms with Crippen LogP contribution in [0.4, 0.5) is 0 Å². The quantitative estimate of drug-likeness (QED) is 0.785. The molecule has 1 aromatic carbocycles. The zero-order valence-corrected chi connectivity index (χ0v) is 15.9. The standard InChI is InChI=1S/C21H30N2O3/c1-3-16-4-6-17(7-5-16)14-23-15-19(12-20(23)24)21(25)22(2)13-18-8-10-26-11-9-18/h4-7,18-19H,3,8-15H2,1-2H3. The average molecular weight is 358 g/mol. The van der Waals surface area contributed by atoms with Crippen molar-refractivity contribution in [3.05, 3.63) is 35.4 Å². The molecule has 2 amide bonds. The molecule has 0 aliphatic carbocycles. The first kappa shape index (κ1) is 18.9. The van der Waals surface area contributed by atoms with Gasteiger partial charge in [0.05, 0.1) is 5.92 Å². The Balaban J connectivity index is 1.53. The predicted octanol–water partition coefficient (Wildman–Crippen LogP) is 2.48. The number of carbonyl (C=O) groups excluding carboxylic acids is 2. The molecule has 3 rings (SSSR count). The van der Waals surface area contributed by atoms with Crippen molar-refractivity contribution in [2.24, 2.45) is 11.8 Å². The number of aryl methyl sites for hydroxylation is 1. The molecule has 0 saturated carbocycles. The molecule has 5 heteroatoms. The molecule has 5 nitrogen and oxygen atoms in total. The highest BCUT2D eigenvalue weighted by Gasteiger charge is 2.36. The second-order valence-electron chi connectivity index (χ2n) is 7.62. The minimum atomic E-state index is -0.206. The molecular weight excluding hydrogens is 328 g/mol. The lowest BCUT2D eigenvalue weighted by atomic mass is 9.99. The maximum absolute atomic E-state index is 12.8. The lowest BCUT2D eigenvalue weighted by molar-refractivity contribution is -0.135. The van der Waals surface area contributed by atoms with Gasteiger partial charge in [-0.1, -0.05) is 31.2 Å². The highest BCUT2D eigenvalue weighted by Crippen LogP contribution is 2.23. The first-order chi connectivity index (χ1) is 12.6. The molecule has 1 unspecified atom stereocenters. The molecule has 2 fully saturated rings. The minimum absolute atomic E-state index is 0.0855. The number of hydrogen-bond acceptors (Lipinski definition) is 3. The Labute approximate surface area is 156 Å². The first-order valence-corrected chi connectivity index (χ1v) is 9.75. The van der Waals surface area contributed by atoms with Crippen molar-refractivity contribution < 1.29 is 14.3 Å². The van der Waals surface area contributed by atoms with E-state index in [1.54, 1.807) is 0 Å². The van der Waals surface area contributed by atoms with Crippen molar-refractivity contribution in [1.29, 1.82) is 0 Å². The van der Waals surface area contributed by atoms with E-state index in [0.717, 1.165) is 44.6 Å². The van der Waals surface area contributed by atoms with E-state index in [4.69, 9.17) is 4.74 Å². The fraction of sp³-hybridized carbons (Fsp3) is 0.619. The molecule has 0 radical (unpaired) electrons. The molecule has 0 spiro atoms. The molecule has 1 atom stereocenters. The first-order valence-electron chi connectivity index (χ1n) is 9.75. The summed E-state index contributed by atoms with van der Waals surface area (Å²) in [5.41, 5.74) is 2.42. The van der Waals surface area contributed by atoms with Gasteiger partial charge in [0, 0.05) is 46.3 Å². The van der Waals surface area contributed by atoms with Crippen LogP contribution in [0.25, 0.3) is 0 Å². The Morgan fingerprint density at radius 1 is 1.19 bits per heavy atom. The van der Waals surface area contributed by atoms with Crippen LogP contribution in [0.3, 0.4) is 0 Å². The Morgan fingerprint density at radius 3 is 2.50 bits per heavy atom. The van der Waals surface area contributed by atoms with Crippen molar-refractivity contribution in [2.45, 2.75) is 39.2 Å². The summed E-state index contributed by atoms with van der Waals surface area (Å²) in [6, 6.07) is 8.39. The molecule has 2 aliphatic rings. The summed E-state index contributed by atoms with van der Waals surface area (Å²) >= 11 is 0. The molecule has 2 heterocycles. The van der Waals surface area contributed by atoms with E-state index in [-0.39, 0.29) is 17.7 Å². The number of amides is 2. The summed E-state index contributed by atoms with van der Waals surface area (Å²) in [6.45, 7) is 5.61. The maximum Gasteiger partial charge on any atom is 0.227 e. The SMILES string of the molecule is CCc1ccc(CN2CC(C(=O)N(C)CC3CCOCC3)CC2=O)cc1. The fourth-order valence-electron chi connectivity index (χ4n) is 3.91. The molecule has 2 aliphatic heterocycles. The minimum Gasteiger partial charge on any atom is -0.381 e. The van der Waals surface area contributed by atoms with Gasteiger partial charge in [0.25, 0.3) is 0 Å². The predicted molar refractivity (Wildman–Crippen MR) is 101 cm³/mol. The summed E-state index contributed by atoms with van der Waals surface area (Å²) in [6.07, 6.45) is 3.38. The van der Waals surface area contributed by atoms with Gasteiger partial charge in [-0.15, -0.1) is 0 Å². The van der Waals surface area contributed by atoms with Crippen molar-refractivity contribution in [2.75, 3.05) is 33.4 Å². The highest BCUT2D eigenvalue weighted by atomic mass is 16.5. The van der Waals surface area contributed by atoms with Gasteiger partial charge in [-0.25, -0.2) is 0 Å². The van der Waals surface area contributed by atoms with Gasteiger partial charge in [-0.3, -0.25) is 9.59 Å². The third kappa shape index (κ3) is 4.64.